The predicted molar refractivity (Wildman–Crippen MR) is 72.7 cm³/mol. The molecule has 2 aromatic rings. The summed E-state index contributed by atoms with van der Waals surface area (Å²) >= 11 is 5.77. The van der Waals surface area contributed by atoms with E-state index in [4.69, 9.17) is 11.6 Å². The summed E-state index contributed by atoms with van der Waals surface area (Å²) in [7, 11) is 0. The minimum atomic E-state index is -0.366. The summed E-state index contributed by atoms with van der Waals surface area (Å²) in [6, 6.07) is 13.6. The third-order valence-electron chi connectivity index (χ3n) is 3.36. The van der Waals surface area contributed by atoms with Crippen LogP contribution >= 0.6 is 11.6 Å². The van der Waals surface area contributed by atoms with Gasteiger partial charge in [-0.1, -0.05) is 41.9 Å². The maximum absolute atomic E-state index is 13.8. The zero-order chi connectivity index (χ0) is 12.5. The fourth-order valence-electron chi connectivity index (χ4n) is 2.50. The molecule has 1 aliphatic carbocycles. The molecule has 1 N–H and O–H groups in total. The number of nitrogens with one attached hydrogen (secondary N) is 1. The molecule has 0 fully saturated rings. The van der Waals surface area contributed by atoms with Gasteiger partial charge in [-0.3, -0.25) is 0 Å². The van der Waals surface area contributed by atoms with E-state index in [1.165, 1.54) is 11.1 Å². The summed E-state index contributed by atoms with van der Waals surface area (Å²) in [6.45, 7) is 0. The van der Waals surface area contributed by atoms with Crippen molar-refractivity contribution in [3.63, 3.8) is 0 Å². The van der Waals surface area contributed by atoms with E-state index in [-0.39, 0.29) is 16.9 Å². The summed E-state index contributed by atoms with van der Waals surface area (Å²) in [6.07, 6.45) is 1.87. The van der Waals surface area contributed by atoms with Crippen LogP contribution in [0.2, 0.25) is 5.02 Å². The van der Waals surface area contributed by atoms with Crippen molar-refractivity contribution in [1.82, 2.24) is 0 Å². The zero-order valence-electron chi connectivity index (χ0n) is 9.79. The van der Waals surface area contributed by atoms with E-state index in [2.05, 4.69) is 17.4 Å². The second kappa shape index (κ2) is 4.62. The van der Waals surface area contributed by atoms with Crippen molar-refractivity contribution < 1.29 is 4.39 Å². The molecule has 0 atom stereocenters. The number of anilines is 1. The Hall–Kier alpha value is -1.54. The number of rotatable bonds is 2. The second-order valence-electron chi connectivity index (χ2n) is 4.62. The first-order valence-electron chi connectivity index (χ1n) is 6.01. The van der Waals surface area contributed by atoms with Crippen molar-refractivity contribution in [3.8, 4) is 0 Å². The zero-order valence-corrected chi connectivity index (χ0v) is 10.5. The number of hydrogen-bond acceptors (Lipinski definition) is 1. The van der Waals surface area contributed by atoms with Crippen molar-refractivity contribution in [2.45, 2.75) is 18.9 Å². The van der Waals surface area contributed by atoms with Gasteiger partial charge in [0.05, 0.1) is 10.7 Å². The van der Waals surface area contributed by atoms with E-state index in [0.717, 1.165) is 12.8 Å². The van der Waals surface area contributed by atoms with Crippen LogP contribution in [0.3, 0.4) is 0 Å². The second-order valence-corrected chi connectivity index (χ2v) is 5.03. The quantitative estimate of drug-likeness (QED) is 0.860. The van der Waals surface area contributed by atoms with Crippen molar-refractivity contribution in [1.29, 1.82) is 0 Å². The van der Waals surface area contributed by atoms with Crippen molar-refractivity contribution in [2.75, 3.05) is 5.32 Å². The highest BCUT2D eigenvalue weighted by molar-refractivity contribution is 6.31. The largest absolute Gasteiger partial charge is 0.379 e. The third kappa shape index (κ3) is 2.08. The van der Waals surface area contributed by atoms with E-state index in [1.54, 1.807) is 18.2 Å². The number of benzene rings is 2. The molecule has 0 spiro atoms. The molecular weight excluding hydrogens is 249 g/mol. The van der Waals surface area contributed by atoms with Gasteiger partial charge in [0, 0.05) is 6.04 Å². The maximum Gasteiger partial charge on any atom is 0.164 e. The Labute approximate surface area is 111 Å². The standard InChI is InChI=1S/C15H13ClFN/c16-13-6-3-7-14(15(13)17)18-12-8-10-4-1-2-5-11(10)9-12/h1-7,12,18H,8-9H2. The Kier molecular flexibility index (Phi) is 2.96. The van der Waals surface area contributed by atoms with Gasteiger partial charge in [0.25, 0.3) is 0 Å². The Bertz CT molecular complexity index is 557. The van der Waals surface area contributed by atoms with Crippen LogP contribution < -0.4 is 5.32 Å². The van der Waals surface area contributed by atoms with E-state index in [0.29, 0.717) is 5.69 Å². The van der Waals surface area contributed by atoms with Gasteiger partial charge in [0.2, 0.25) is 0 Å². The lowest BCUT2D eigenvalue weighted by atomic mass is 10.1. The van der Waals surface area contributed by atoms with Gasteiger partial charge in [0.1, 0.15) is 0 Å². The number of hydrogen-bond donors (Lipinski definition) is 1. The fraction of sp³-hybridized carbons (Fsp3) is 0.200. The van der Waals surface area contributed by atoms with Crippen LogP contribution in [-0.4, -0.2) is 6.04 Å². The van der Waals surface area contributed by atoms with Crippen LogP contribution in [0.15, 0.2) is 42.5 Å². The molecule has 0 aromatic heterocycles. The fourth-order valence-corrected chi connectivity index (χ4v) is 2.67. The van der Waals surface area contributed by atoms with Crippen LogP contribution in [0.4, 0.5) is 10.1 Å². The SMILES string of the molecule is Fc1c(Cl)cccc1NC1Cc2ccccc2C1. The Morgan fingerprint density at radius 1 is 1.00 bits per heavy atom. The molecule has 0 saturated heterocycles. The third-order valence-corrected chi connectivity index (χ3v) is 3.65. The van der Waals surface area contributed by atoms with Gasteiger partial charge in [-0.25, -0.2) is 4.39 Å². The molecule has 0 aliphatic heterocycles. The molecule has 2 aromatic carbocycles. The lowest BCUT2D eigenvalue weighted by molar-refractivity contribution is 0.625. The molecule has 1 aliphatic rings. The highest BCUT2D eigenvalue weighted by Gasteiger charge is 2.21. The van der Waals surface area contributed by atoms with Crippen LogP contribution in [-0.2, 0) is 12.8 Å². The number of halogens is 2. The first-order chi connectivity index (χ1) is 8.74. The molecule has 0 saturated carbocycles. The summed E-state index contributed by atoms with van der Waals surface area (Å²) in [4.78, 5) is 0. The summed E-state index contributed by atoms with van der Waals surface area (Å²) in [5.41, 5.74) is 3.18. The van der Waals surface area contributed by atoms with Gasteiger partial charge >= 0.3 is 0 Å². The molecule has 3 heteroatoms. The smallest absolute Gasteiger partial charge is 0.164 e. The topological polar surface area (TPSA) is 12.0 Å². The molecular formula is C15H13ClFN. The van der Waals surface area contributed by atoms with Gasteiger partial charge < -0.3 is 5.32 Å². The van der Waals surface area contributed by atoms with E-state index >= 15 is 0 Å². The van der Waals surface area contributed by atoms with Crippen molar-refractivity contribution >= 4 is 17.3 Å². The molecule has 0 heterocycles. The van der Waals surface area contributed by atoms with E-state index < -0.39 is 0 Å². The highest BCUT2D eigenvalue weighted by Crippen LogP contribution is 2.27. The Balaban J connectivity index is 1.78. The van der Waals surface area contributed by atoms with Gasteiger partial charge in [-0.15, -0.1) is 0 Å². The van der Waals surface area contributed by atoms with Gasteiger partial charge in [0.15, 0.2) is 5.82 Å². The lowest BCUT2D eigenvalue weighted by Gasteiger charge is -2.14. The van der Waals surface area contributed by atoms with Crippen molar-refractivity contribution in [3.05, 3.63) is 64.4 Å². The molecule has 0 unspecified atom stereocenters. The van der Waals surface area contributed by atoms with Gasteiger partial charge in [-0.2, -0.15) is 0 Å². The minimum absolute atomic E-state index is 0.163. The molecule has 0 bridgehead atoms. The maximum atomic E-state index is 13.8. The van der Waals surface area contributed by atoms with Gasteiger partial charge in [-0.05, 0) is 36.1 Å². The Morgan fingerprint density at radius 3 is 2.33 bits per heavy atom. The summed E-state index contributed by atoms with van der Waals surface area (Å²) in [5, 5.41) is 3.40. The molecule has 18 heavy (non-hydrogen) atoms. The van der Waals surface area contributed by atoms with Crippen LogP contribution in [0.1, 0.15) is 11.1 Å². The van der Waals surface area contributed by atoms with E-state index in [1.807, 2.05) is 12.1 Å². The van der Waals surface area contributed by atoms with Crippen LogP contribution in [0.25, 0.3) is 0 Å². The average Bonchev–Trinajstić information content (AvgIpc) is 2.77. The molecule has 92 valence electrons. The summed E-state index contributed by atoms with van der Waals surface area (Å²) in [5.74, 6) is -0.366. The van der Waals surface area contributed by atoms with E-state index in [9.17, 15) is 4.39 Å². The monoisotopic (exact) mass is 261 g/mol. The molecule has 1 nitrogen and oxygen atoms in total. The Morgan fingerprint density at radius 2 is 1.67 bits per heavy atom. The molecule has 3 rings (SSSR count). The number of fused-ring (bicyclic) bond motifs is 1. The van der Waals surface area contributed by atoms with Crippen LogP contribution in [0, 0.1) is 5.82 Å². The lowest BCUT2D eigenvalue weighted by Crippen LogP contribution is -2.20. The minimum Gasteiger partial charge on any atom is -0.379 e. The molecule has 0 amide bonds. The first kappa shape index (κ1) is 11.5. The molecule has 0 radical (unpaired) electrons. The van der Waals surface area contributed by atoms with Crippen LogP contribution in [0.5, 0.6) is 0 Å². The average molecular weight is 262 g/mol. The highest BCUT2D eigenvalue weighted by atomic mass is 35.5. The predicted octanol–water partition coefficient (Wildman–Crippen LogP) is 4.06. The summed E-state index contributed by atoms with van der Waals surface area (Å²) < 4.78 is 13.8. The normalized spacial score (nSPS) is 14.6. The first-order valence-corrected chi connectivity index (χ1v) is 6.39. The van der Waals surface area contributed by atoms with Crippen molar-refractivity contribution in [2.24, 2.45) is 0 Å².